The van der Waals surface area contributed by atoms with Crippen molar-refractivity contribution in [2.24, 2.45) is 11.8 Å². The molecule has 3 saturated heterocycles. The molecule has 1 amide bonds. The number of fused-ring (bicyclic) bond motifs is 7. The summed E-state index contributed by atoms with van der Waals surface area (Å²) >= 11 is 0. The van der Waals surface area contributed by atoms with Crippen LogP contribution < -0.4 is 5.43 Å². The number of piperidine rings is 3. The molecule has 1 aliphatic carbocycles. The minimum Gasteiger partial charge on any atom is -0.360 e. The van der Waals surface area contributed by atoms with E-state index in [1.54, 1.807) is 6.20 Å². The number of nitrogens with one attached hydrogen (secondary N) is 1. The first kappa shape index (κ1) is 20.2. The van der Waals surface area contributed by atoms with Gasteiger partial charge in [-0.3, -0.25) is 14.5 Å². The third kappa shape index (κ3) is 3.08. The summed E-state index contributed by atoms with van der Waals surface area (Å²) in [5, 5.41) is 0.624. The fourth-order valence-corrected chi connectivity index (χ4v) is 7.21. The maximum Gasteiger partial charge on any atom is 0.259 e. The lowest BCUT2D eigenvalue weighted by Crippen LogP contribution is -2.60. The molecule has 1 aromatic carbocycles. The molecule has 2 aromatic rings. The Hall–Kier alpha value is -2.40. The lowest BCUT2D eigenvalue weighted by atomic mass is 9.68. The van der Waals surface area contributed by atoms with Gasteiger partial charge in [0, 0.05) is 30.7 Å². The minimum atomic E-state index is -0.139. The van der Waals surface area contributed by atoms with Gasteiger partial charge in [-0.2, -0.15) is 0 Å². The fraction of sp³-hybridized carbons (Fsp3) is 0.556. The first-order valence-corrected chi connectivity index (χ1v) is 12.4. The second-order valence-electron chi connectivity index (χ2n) is 10.5. The molecular weight excluding hydrogens is 398 g/mol. The third-order valence-corrected chi connectivity index (χ3v) is 8.48. The zero-order valence-corrected chi connectivity index (χ0v) is 19.2. The lowest BCUT2D eigenvalue weighted by molar-refractivity contribution is 0.00143. The van der Waals surface area contributed by atoms with Gasteiger partial charge in [-0.1, -0.05) is 24.1 Å². The maximum absolute atomic E-state index is 13.8. The number of likely N-dealkylation sites (tertiary alicyclic amines) is 1. The molecule has 0 radical (unpaired) electrons. The van der Waals surface area contributed by atoms with Crippen LogP contribution in [-0.2, 0) is 0 Å². The molecule has 4 atom stereocenters. The number of hydrogen-bond donors (Lipinski definition) is 1. The molecule has 5 nitrogen and oxygen atoms in total. The summed E-state index contributed by atoms with van der Waals surface area (Å²) in [5.74, 6) is 1.04. The second-order valence-corrected chi connectivity index (χ2v) is 10.5. The highest BCUT2D eigenvalue weighted by atomic mass is 16.2. The molecule has 3 aliphatic heterocycles. The molecule has 5 heteroatoms. The molecule has 0 saturated carbocycles. The van der Waals surface area contributed by atoms with E-state index < -0.39 is 0 Å². The predicted octanol–water partition coefficient (Wildman–Crippen LogP) is 4.18. The van der Waals surface area contributed by atoms with Crippen LogP contribution >= 0.6 is 0 Å². The van der Waals surface area contributed by atoms with Crippen molar-refractivity contribution in [1.82, 2.24) is 14.8 Å². The Balaban J connectivity index is 1.37. The molecule has 2 bridgehead atoms. The number of aromatic amines is 1. The van der Waals surface area contributed by atoms with E-state index in [0.717, 1.165) is 42.6 Å². The number of benzene rings is 1. The predicted molar refractivity (Wildman–Crippen MR) is 127 cm³/mol. The van der Waals surface area contributed by atoms with E-state index in [0.29, 0.717) is 23.3 Å². The summed E-state index contributed by atoms with van der Waals surface area (Å²) in [6.07, 6.45) is 11.4. The number of pyridine rings is 1. The normalized spacial score (nSPS) is 29.9. The number of carbonyl (C=O) groups is 1. The van der Waals surface area contributed by atoms with Crippen LogP contribution in [0.2, 0.25) is 0 Å². The van der Waals surface area contributed by atoms with Crippen molar-refractivity contribution < 1.29 is 4.79 Å². The standard InChI is InChI=1S/C27H33N3O2/c1-16-10-17(2)24-21(11-16)26(31)22(14-28-24)27(32)30-9-5-6-18-12-19-13-20(25(18)30)15-29-8-4-3-7-23(19)29/h10-12,14,19-20,23,25H,3-9,13,15H2,1-2H3,(H,28,31)/t19-,20-,23+,25+/m0/s1. The van der Waals surface area contributed by atoms with Crippen molar-refractivity contribution in [3.05, 3.63) is 56.9 Å². The van der Waals surface area contributed by atoms with Crippen molar-refractivity contribution in [2.75, 3.05) is 19.6 Å². The molecule has 4 heterocycles. The van der Waals surface area contributed by atoms with Gasteiger partial charge >= 0.3 is 0 Å². The van der Waals surface area contributed by atoms with Crippen molar-refractivity contribution in [1.29, 1.82) is 0 Å². The Morgan fingerprint density at radius 3 is 2.88 bits per heavy atom. The summed E-state index contributed by atoms with van der Waals surface area (Å²) in [6.45, 7) is 7.04. The SMILES string of the molecule is Cc1cc(C)c2[nH]cc(C(=O)N3CCCC4=C[C@H]5C[C@@H](CN6CCCC[C@H]56)[C@@H]43)c(=O)c2c1. The smallest absolute Gasteiger partial charge is 0.259 e. The molecule has 0 unspecified atom stereocenters. The molecular formula is C27H33N3O2. The molecule has 6 rings (SSSR count). The van der Waals surface area contributed by atoms with Crippen LogP contribution in [0, 0.1) is 25.7 Å². The summed E-state index contributed by atoms with van der Waals surface area (Å²) in [6, 6.07) is 4.83. The topological polar surface area (TPSA) is 56.4 Å². The van der Waals surface area contributed by atoms with Crippen molar-refractivity contribution in [3.63, 3.8) is 0 Å². The highest BCUT2D eigenvalue weighted by molar-refractivity contribution is 5.98. The van der Waals surface area contributed by atoms with Gasteiger partial charge in [-0.05, 0) is 81.5 Å². The average molecular weight is 432 g/mol. The number of rotatable bonds is 1. The molecule has 4 aliphatic rings. The quantitative estimate of drug-likeness (QED) is 0.689. The monoisotopic (exact) mass is 431 g/mol. The van der Waals surface area contributed by atoms with Gasteiger partial charge in [0.2, 0.25) is 5.43 Å². The molecule has 32 heavy (non-hydrogen) atoms. The third-order valence-electron chi connectivity index (χ3n) is 8.48. The van der Waals surface area contributed by atoms with E-state index in [9.17, 15) is 9.59 Å². The van der Waals surface area contributed by atoms with Crippen LogP contribution in [0.5, 0.6) is 0 Å². The zero-order valence-electron chi connectivity index (χ0n) is 19.2. The van der Waals surface area contributed by atoms with Gasteiger partial charge in [-0.15, -0.1) is 0 Å². The number of aryl methyl sites for hydroxylation is 2. The van der Waals surface area contributed by atoms with E-state index in [1.165, 1.54) is 37.8 Å². The van der Waals surface area contributed by atoms with Gasteiger partial charge in [0.05, 0.1) is 11.6 Å². The van der Waals surface area contributed by atoms with Crippen molar-refractivity contribution >= 4 is 16.8 Å². The Morgan fingerprint density at radius 1 is 1.12 bits per heavy atom. The van der Waals surface area contributed by atoms with Crippen molar-refractivity contribution in [2.45, 2.75) is 64.5 Å². The first-order chi connectivity index (χ1) is 15.5. The molecule has 0 spiro atoms. The zero-order chi connectivity index (χ0) is 22.0. The van der Waals surface area contributed by atoms with Gasteiger partial charge in [-0.25, -0.2) is 0 Å². The highest BCUT2D eigenvalue weighted by Crippen LogP contribution is 2.45. The highest BCUT2D eigenvalue weighted by Gasteiger charge is 2.47. The summed E-state index contributed by atoms with van der Waals surface area (Å²) in [4.78, 5) is 35.2. The van der Waals surface area contributed by atoms with Gasteiger partial charge in [0.25, 0.3) is 5.91 Å². The number of nitrogens with zero attached hydrogens (tertiary/aromatic N) is 2. The Labute approximate surface area is 189 Å². The van der Waals surface area contributed by atoms with Crippen molar-refractivity contribution in [3.8, 4) is 0 Å². The van der Waals surface area contributed by atoms with E-state index in [4.69, 9.17) is 0 Å². The Morgan fingerprint density at radius 2 is 2.00 bits per heavy atom. The molecule has 1 aromatic heterocycles. The van der Waals surface area contributed by atoms with Gasteiger partial charge < -0.3 is 9.88 Å². The number of amides is 1. The summed E-state index contributed by atoms with van der Waals surface area (Å²) in [7, 11) is 0. The first-order valence-electron chi connectivity index (χ1n) is 12.4. The van der Waals surface area contributed by atoms with Gasteiger partial charge in [0.1, 0.15) is 5.56 Å². The van der Waals surface area contributed by atoms with Crippen LogP contribution in [0.15, 0.2) is 34.8 Å². The largest absolute Gasteiger partial charge is 0.360 e. The van der Waals surface area contributed by atoms with E-state index in [1.807, 2.05) is 24.8 Å². The van der Waals surface area contributed by atoms with Crippen LogP contribution in [0.1, 0.15) is 60.0 Å². The number of aromatic nitrogens is 1. The summed E-state index contributed by atoms with van der Waals surface area (Å²) in [5.41, 5.74) is 4.53. The second kappa shape index (κ2) is 7.58. The number of carbonyl (C=O) groups excluding carboxylic acids is 1. The molecule has 168 valence electrons. The summed E-state index contributed by atoms with van der Waals surface area (Å²) < 4.78 is 0. The van der Waals surface area contributed by atoms with Crippen LogP contribution in [0.3, 0.4) is 0 Å². The van der Waals surface area contributed by atoms with Crippen LogP contribution in [-0.4, -0.2) is 52.4 Å². The van der Waals surface area contributed by atoms with E-state index >= 15 is 0 Å². The minimum absolute atomic E-state index is 0.0953. The number of hydrogen-bond acceptors (Lipinski definition) is 3. The van der Waals surface area contributed by atoms with E-state index in [2.05, 4.69) is 22.0 Å². The van der Waals surface area contributed by atoms with Gasteiger partial charge in [0.15, 0.2) is 0 Å². The number of H-pyrrole nitrogens is 1. The Kier molecular flexibility index (Phi) is 4.79. The lowest BCUT2D eigenvalue weighted by Gasteiger charge is -2.54. The van der Waals surface area contributed by atoms with E-state index in [-0.39, 0.29) is 22.9 Å². The maximum atomic E-state index is 13.8. The average Bonchev–Trinajstić information content (AvgIpc) is 2.79. The molecule has 3 fully saturated rings. The van der Waals surface area contributed by atoms with Crippen LogP contribution in [0.25, 0.3) is 10.9 Å². The van der Waals surface area contributed by atoms with Crippen LogP contribution in [0.4, 0.5) is 0 Å². The fourth-order valence-electron chi connectivity index (χ4n) is 7.21. The Bertz CT molecular complexity index is 1180. The molecule has 1 N–H and O–H groups in total.